The molecule has 1 aromatic carbocycles. The van der Waals surface area contributed by atoms with Gasteiger partial charge in [0.15, 0.2) is 5.11 Å². The molecule has 0 aliphatic carbocycles. The molecule has 0 radical (unpaired) electrons. The van der Waals surface area contributed by atoms with E-state index in [1.54, 1.807) is 6.20 Å². The van der Waals surface area contributed by atoms with Crippen LogP contribution in [-0.4, -0.2) is 24.5 Å². The zero-order valence-corrected chi connectivity index (χ0v) is 21.5. The largest absolute Gasteiger partial charge is 0.352 e. The van der Waals surface area contributed by atoms with E-state index >= 15 is 0 Å². The Labute approximate surface area is 212 Å². The molecule has 1 aliphatic rings. The number of nitrogens with one attached hydrogen (secondary N) is 1. The van der Waals surface area contributed by atoms with E-state index < -0.39 is 0 Å². The van der Waals surface area contributed by atoms with Gasteiger partial charge in [-0.2, -0.15) is 0 Å². The van der Waals surface area contributed by atoms with Crippen molar-refractivity contribution in [3.05, 3.63) is 113 Å². The summed E-state index contributed by atoms with van der Waals surface area (Å²) in [6.07, 6.45) is 6.56. The second-order valence-corrected chi connectivity index (χ2v) is 9.60. The minimum absolute atomic E-state index is 0.00616. The molecule has 0 amide bonds. The van der Waals surface area contributed by atoms with Crippen LogP contribution in [0.5, 0.6) is 0 Å². The van der Waals surface area contributed by atoms with Crippen LogP contribution in [0.25, 0.3) is 5.69 Å². The number of pyridine rings is 2. The Hall–Kier alpha value is -3.51. The number of benzene rings is 1. The molecular formula is C29H31N5S. The lowest BCUT2D eigenvalue weighted by molar-refractivity contribution is 0.310. The summed E-state index contributed by atoms with van der Waals surface area (Å²) in [5.74, 6) is 0. The Morgan fingerprint density at radius 3 is 2.57 bits per heavy atom. The van der Waals surface area contributed by atoms with Crippen molar-refractivity contribution in [2.75, 3.05) is 0 Å². The number of aryl methyl sites for hydroxylation is 3. The smallest absolute Gasteiger partial charge is 0.170 e. The molecule has 1 fully saturated rings. The van der Waals surface area contributed by atoms with Gasteiger partial charge in [-0.3, -0.25) is 9.97 Å². The highest BCUT2D eigenvalue weighted by atomic mass is 32.1. The highest BCUT2D eigenvalue weighted by Gasteiger charge is 2.41. The van der Waals surface area contributed by atoms with Gasteiger partial charge < -0.3 is 14.8 Å². The number of thiocarbonyl (C=S) groups is 1. The van der Waals surface area contributed by atoms with Gasteiger partial charge in [0.05, 0.1) is 23.5 Å². The van der Waals surface area contributed by atoms with E-state index in [4.69, 9.17) is 17.2 Å². The number of aromatic nitrogens is 3. The van der Waals surface area contributed by atoms with Crippen LogP contribution >= 0.6 is 12.2 Å². The summed E-state index contributed by atoms with van der Waals surface area (Å²) in [5.41, 5.74) is 9.77. The molecule has 4 aromatic rings. The SMILES string of the molecule is CCc1cccc(C)c1-n1c(C)cc(C2C(c3ccccn3)NC(=S)N2Cc2cccnc2)c1C. The lowest BCUT2D eigenvalue weighted by Gasteiger charge is -2.28. The zero-order valence-electron chi connectivity index (χ0n) is 20.7. The molecule has 0 spiro atoms. The molecule has 2 unspecified atom stereocenters. The molecule has 6 heteroatoms. The Kier molecular flexibility index (Phi) is 6.39. The summed E-state index contributed by atoms with van der Waals surface area (Å²) >= 11 is 5.89. The van der Waals surface area contributed by atoms with Crippen LogP contribution in [0.2, 0.25) is 0 Å². The van der Waals surface area contributed by atoms with E-state index in [1.807, 2.05) is 30.6 Å². The Morgan fingerprint density at radius 1 is 1.00 bits per heavy atom. The average molecular weight is 482 g/mol. The Bertz CT molecular complexity index is 1350. The number of para-hydroxylation sites is 1. The van der Waals surface area contributed by atoms with E-state index in [0.29, 0.717) is 6.54 Å². The lowest BCUT2D eigenvalue weighted by Crippen LogP contribution is -2.29. The maximum absolute atomic E-state index is 5.89. The van der Waals surface area contributed by atoms with Crippen LogP contribution in [0.3, 0.4) is 0 Å². The second-order valence-electron chi connectivity index (χ2n) is 9.21. The molecule has 5 rings (SSSR count). The van der Waals surface area contributed by atoms with Crippen LogP contribution < -0.4 is 5.32 Å². The maximum atomic E-state index is 5.89. The van der Waals surface area contributed by atoms with E-state index in [1.165, 1.54) is 33.8 Å². The highest BCUT2D eigenvalue weighted by molar-refractivity contribution is 7.80. The quantitative estimate of drug-likeness (QED) is 0.346. The summed E-state index contributed by atoms with van der Waals surface area (Å²) in [6, 6.07) is 19.0. The first-order valence-electron chi connectivity index (χ1n) is 12.1. The minimum Gasteiger partial charge on any atom is -0.352 e. The van der Waals surface area contributed by atoms with Crippen LogP contribution in [0.4, 0.5) is 0 Å². The number of hydrogen-bond donors (Lipinski definition) is 1. The molecule has 5 nitrogen and oxygen atoms in total. The first kappa shape index (κ1) is 23.2. The normalized spacial score (nSPS) is 17.6. The van der Waals surface area contributed by atoms with Crippen molar-refractivity contribution in [3.63, 3.8) is 0 Å². The molecule has 1 saturated heterocycles. The van der Waals surface area contributed by atoms with Gasteiger partial charge in [-0.15, -0.1) is 0 Å². The fourth-order valence-corrected chi connectivity index (χ4v) is 5.66. The van der Waals surface area contributed by atoms with E-state index in [0.717, 1.165) is 22.8 Å². The number of hydrogen-bond acceptors (Lipinski definition) is 3. The third-order valence-corrected chi connectivity index (χ3v) is 7.34. The van der Waals surface area contributed by atoms with Crippen molar-refractivity contribution < 1.29 is 0 Å². The van der Waals surface area contributed by atoms with Gasteiger partial charge >= 0.3 is 0 Å². The maximum Gasteiger partial charge on any atom is 0.170 e. The summed E-state index contributed by atoms with van der Waals surface area (Å²) < 4.78 is 2.42. The molecule has 3 aromatic heterocycles. The van der Waals surface area contributed by atoms with Crippen molar-refractivity contribution in [3.8, 4) is 5.69 Å². The summed E-state index contributed by atoms with van der Waals surface area (Å²) in [5, 5.41) is 4.32. The van der Waals surface area contributed by atoms with Crippen molar-refractivity contribution in [2.24, 2.45) is 0 Å². The first-order chi connectivity index (χ1) is 17.0. The van der Waals surface area contributed by atoms with Gasteiger partial charge in [0.2, 0.25) is 0 Å². The molecule has 0 saturated carbocycles. The fraction of sp³-hybridized carbons (Fsp3) is 0.276. The van der Waals surface area contributed by atoms with Gasteiger partial charge in [-0.25, -0.2) is 0 Å². The molecule has 1 N–H and O–H groups in total. The fourth-order valence-electron chi connectivity index (χ4n) is 5.36. The van der Waals surface area contributed by atoms with Crippen LogP contribution in [0.1, 0.15) is 58.3 Å². The number of rotatable bonds is 6. The van der Waals surface area contributed by atoms with Gasteiger partial charge in [0, 0.05) is 36.5 Å². The minimum atomic E-state index is -0.0446. The molecule has 0 bridgehead atoms. The predicted octanol–water partition coefficient (Wildman–Crippen LogP) is 5.93. The molecule has 1 aliphatic heterocycles. The van der Waals surface area contributed by atoms with Gasteiger partial charge in [-0.1, -0.05) is 37.3 Å². The predicted molar refractivity (Wildman–Crippen MR) is 145 cm³/mol. The standard InChI is InChI=1S/C29H31N5S/c1-5-23-12-8-10-19(2)27(23)34-20(3)16-24(21(34)4)28-26(25-13-6-7-15-31-25)32-29(35)33(28)18-22-11-9-14-30-17-22/h6-17,26,28H,5,18H2,1-4H3,(H,32,35). The molecule has 2 atom stereocenters. The Morgan fingerprint density at radius 2 is 1.86 bits per heavy atom. The van der Waals surface area contributed by atoms with E-state index in [9.17, 15) is 0 Å². The van der Waals surface area contributed by atoms with Crippen molar-refractivity contribution in [2.45, 2.75) is 52.7 Å². The topological polar surface area (TPSA) is 46.0 Å². The monoisotopic (exact) mass is 481 g/mol. The molecule has 4 heterocycles. The first-order valence-corrected chi connectivity index (χ1v) is 12.5. The van der Waals surface area contributed by atoms with Crippen molar-refractivity contribution >= 4 is 17.3 Å². The second kappa shape index (κ2) is 9.62. The third kappa shape index (κ3) is 4.23. The summed E-state index contributed by atoms with van der Waals surface area (Å²) in [4.78, 5) is 11.3. The zero-order chi connectivity index (χ0) is 24.5. The van der Waals surface area contributed by atoms with E-state index in [-0.39, 0.29) is 12.1 Å². The number of nitrogens with zero attached hydrogens (tertiary/aromatic N) is 4. The van der Waals surface area contributed by atoms with Gasteiger partial charge in [0.25, 0.3) is 0 Å². The summed E-state index contributed by atoms with van der Waals surface area (Å²) in [7, 11) is 0. The van der Waals surface area contributed by atoms with Crippen LogP contribution in [0, 0.1) is 20.8 Å². The highest BCUT2D eigenvalue weighted by Crippen LogP contribution is 2.42. The van der Waals surface area contributed by atoms with Crippen molar-refractivity contribution in [1.82, 2.24) is 24.8 Å². The van der Waals surface area contributed by atoms with Crippen LogP contribution in [0.15, 0.2) is 73.2 Å². The Balaban J connectivity index is 1.66. The lowest BCUT2D eigenvalue weighted by atomic mass is 9.96. The molecule has 178 valence electrons. The molecular weight excluding hydrogens is 450 g/mol. The van der Waals surface area contributed by atoms with Crippen LogP contribution in [-0.2, 0) is 13.0 Å². The van der Waals surface area contributed by atoms with Gasteiger partial charge in [0.1, 0.15) is 0 Å². The van der Waals surface area contributed by atoms with E-state index in [2.05, 4.69) is 83.9 Å². The van der Waals surface area contributed by atoms with Crippen molar-refractivity contribution in [1.29, 1.82) is 0 Å². The third-order valence-electron chi connectivity index (χ3n) is 6.99. The molecule has 35 heavy (non-hydrogen) atoms. The van der Waals surface area contributed by atoms with Gasteiger partial charge in [-0.05, 0) is 85.9 Å². The average Bonchev–Trinajstić information content (AvgIpc) is 3.35. The summed E-state index contributed by atoms with van der Waals surface area (Å²) in [6.45, 7) is 9.53.